The third-order valence-electron chi connectivity index (χ3n) is 3.55. The molecule has 4 aromatic rings. The molecule has 9 heteroatoms. The summed E-state index contributed by atoms with van der Waals surface area (Å²) in [7, 11) is 0. The normalized spacial score (nSPS) is 11.1. The van der Waals surface area contributed by atoms with Crippen LogP contribution in [0.15, 0.2) is 42.5 Å². The lowest BCUT2D eigenvalue weighted by Gasteiger charge is -2.05. The van der Waals surface area contributed by atoms with Crippen molar-refractivity contribution in [1.29, 1.82) is 0 Å². The van der Waals surface area contributed by atoms with Crippen LogP contribution in [0.2, 0.25) is 10.0 Å². The third-order valence-corrected chi connectivity index (χ3v) is 5.18. The minimum atomic E-state index is 0.230. The Morgan fingerprint density at radius 1 is 1.08 bits per heavy atom. The zero-order valence-corrected chi connectivity index (χ0v) is 15.0. The lowest BCUT2D eigenvalue weighted by Crippen LogP contribution is -1.99. The number of phenols is 1. The smallest absolute Gasteiger partial charge is 0.236 e. The van der Waals surface area contributed by atoms with E-state index in [1.807, 2.05) is 24.3 Å². The highest BCUT2D eigenvalue weighted by Crippen LogP contribution is 2.33. The average Bonchev–Trinajstić information content (AvgIpc) is 3.15. The van der Waals surface area contributed by atoms with Crippen LogP contribution in [0.3, 0.4) is 0 Å². The maximum Gasteiger partial charge on any atom is 0.236 e. The molecule has 0 aliphatic rings. The zero-order valence-electron chi connectivity index (χ0n) is 12.6. The summed E-state index contributed by atoms with van der Waals surface area (Å²) >= 11 is 13.6. The predicted octanol–water partition coefficient (Wildman–Crippen LogP) is 4.53. The van der Waals surface area contributed by atoms with Crippen LogP contribution in [0, 0.1) is 0 Å². The van der Waals surface area contributed by atoms with Crippen LogP contribution < -0.4 is 5.32 Å². The van der Waals surface area contributed by atoms with E-state index in [1.165, 1.54) is 11.3 Å². The first-order chi connectivity index (χ1) is 12.1. The van der Waals surface area contributed by atoms with Crippen molar-refractivity contribution in [3.63, 3.8) is 0 Å². The van der Waals surface area contributed by atoms with Gasteiger partial charge in [0.25, 0.3) is 0 Å². The van der Waals surface area contributed by atoms with Crippen LogP contribution in [0.5, 0.6) is 5.75 Å². The molecule has 0 atom stereocenters. The number of hydrogen-bond donors (Lipinski definition) is 2. The molecule has 0 amide bonds. The Kier molecular flexibility index (Phi) is 4.20. The van der Waals surface area contributed by atoms with Gasteiger partial charge >= 0.3 is 0 Å². The molecule has 0 aliphatic heterocycles. The Bertz CT molecular complexity index is 1040. The van der Waals surface area contributed by atoms with Gasteiger partial charge in [-0.1, -0.05) is 52.7 Å². The van der Waals surface area contributed by atoms with E-state index in [9.17, 15) is 5.11 Å². The molecule has 0 bridgehead atoms. The second-order valence-electron chi connectivity index (χ2n) is 5.29. The number of phenolic OH excluding ortho intramolecular Hbond substituents is 1. The summed E-state index contributed by atoms with van der Waals surface area (Å²) in [5.41, 5.74) is 1.69. The molecular weight excluding hydrogens is 381 g/mol. The number of hydrogen-bond acceptors (Lipinski definition) is 6. The molecule has 25 heavy (non-hydrogen) atoms. The van der Waals surface area contributed by atoms with Gasteiger partial charge in [-0.3, -0.25) is 0 Å². The number of nitrogens with one attached hydrogen (secondary N) is 1. The summed E-state index contributed by atoms with van der Waals surface area (Å²) in [5.74, 6) is 0.941. The van der Waals surface area contributed by atoms with Crippen molar-refractivity contribution in [2.75, 3.05) is 5.32 Å². The van der Waals surface area contributed by atoms with Gasteiger partial charge in [-0.2, -0.15) is 4.52 Å². The van der Waals surface area contributed by atoms with Crippen LogP contribution in [0.1, 0.15) is 11.4 Å². The van der Waals surface area contributed by atoms with E-state index in [-0.39, 0.29) is 5.75 Å². The van der Waals surface area contributed by atoms with Gasteiger partial charge in [-0.05, 0) is 29.8 Å². The summed E-state index contributed by atoms with van der Waals surface area (Å²) in [5, 5.41) is 26.9. The Morgan fingerprint density at radius 3 is 2.68 bits per heavy atom. The molecule has 0 aliphatic carbocycles. The second kappa shape index (κ2) is 6.51. The Hall–Kier alpha value is -2.35. The number of aromatic nitrogens is 4. The highest BCUT2D eigenvalue weighted by Gasteiger charge is 2.13. The van der Waals surface area contributed by atoms with Gasteiger partial charge in [0.1, 0.15) is 5.75 Å². The summed E-state index contributed by atoms with van der Waals surface area (Å²) in [4.78, 5) is 0.675. The molecular formula is C16H11Cl2N5OS. The molecule has 2 heterocycles. The van der Waals surface area contributed by atoms with Crippen molar-refractivity contribution in [3.05, 3.63) is 63.9 Å². The SMILES string of the molecule is Oc1ccc(Cc2nnc3sc(Nc4cccc(Cl)c4Cl)nn23)cc1. The number of anilines is 2. The van der Waals surface area contributed by atoms with E-state index in [4.69, 9.17) is 23.2 Å². The Balaban J connectivity index is 1.62. The monoisotopic (exact) mass is 391 g/mol. The topological polar surface area (TPSA) is 75.3 Å². The van der Waals surface area contributed by atoms with Crippen molar-refractivity contribution in [2.45, 2.75) is 6.42 Å². The standard InChI is InChI=1S/C16H11Cl2N5OS/c17-11-2-1-3-12(14(11)18)19-15-22-23-13(20-21-16(23)25-15)8-9-4-6-10(24)7-5-9/h1-7,24H,8H2,(H,19,22). The average molecular weight is 392 g/mol. The van der Waals surface area contributed by atoms with E-state index >= 15 is 0 Å². The van der Waals surface area contributed by atoms with Crippen LogP contribution in [0.4, 0.5) is 10.8 Å². The zero-order chi connectivity index (χ0) is 17.4. The lowest BCUT2D eigenvalue weighted by molar-refractivity contribution is 0.475. The minimum Gasteiger partial charge on any atom is -0.508 e. The van der Waals surface area contributed by atoms with Crippen molar-refractivity contribution >= 4 is 50.3 Å². The molecule has 126 valence electrons. The van der Waals surface area contributed by atoms with Crippen LogP contribution >= 0.6 is 34.5 Å². The van der Waals surface area contributed by atoms with E-state index < -0.39 is 0 Å². The van der Waals surface area contributed by atoms with Crippen LogP contribution in [-0.2, 0) is 6.42 Å². The summed E-state index contributed by atoms with van der Waals surface area (Å²) in [6.07, 6.45) is 0.558. The largest absolute Gasteiger partial charge is 0.508 e. The van der Waals surface area contributed by atoms with Gasteiger partial charge in [0.2, 0.25) is 10.1 Å². The number of rotatable bonds is 4. The van der Waals surface area contributed by atoms with Gasteiger partial charge < -0.3 is 10.4 Å². The Labute approximate surface area is 156 Å². The number of benzene rings is 2. The van der Waals surface area contributed by atoms with Crippen LogP contribution in [0.25, 0.3) is 4.96 Å². The highest BCUT2D eigenvalue weighted by molar-refractivity contribution is 7.20. The predicted molar refractivity (Wildman–Crippen MR) is 99.3 cm³/mol. The fraction of sp³-hybridized carbons (Fsp3) is 0.0625. The summed E-state index contributed by atoms with van der Waals surface area (Å²) in [6, 6.07) is 12.3. The molecule has 0 radical (unpaired) electrons. The number of nitrogens with zero attached hydrogens (tertiary/aromatic N) is 4. The molecule has 0 spiro atoms. The number of fused-ring (bicyclic) bond motifs is 1. The quantitative estimate of drug-likeness (QED) is 0.534. The third kappa shape index (κ3) is 3.26. The first kappa shape index (κ1) is 16.1. The molecule has 0 unspecified atom stereocenters. The maximum absolute atomic E-state index is 9.37. The minimum absolute atomic E-state index is 0.230. The molecule has 0 fully saturated rings. The molecule has 0 saturated carbocycles. The van der Waals surface area contributed by atoms with Gasteiger partial charge in [0.15, 0.2) is 5.82 Å². The van der Waals surface area contributed by atoms with E-state index in [0.717, 1.165) is 5.56 Å². The summed E-state index contributed by atoms with van der Waals surface area (Å²) < 4.78 is 1.69. The molecule has 2 N–H and O–H groups in total. The summed E-state index contributed by atoms with van der Waals surface area (Å²) in [6.45, 7) is 0. The fourth-order valence-corrected chi connectivity index (χ4v) is 3.45. The van der Waals surface area contributed by atoms with E-state index in [1.54, 1.807) is 22.7 Å². The van der Waals surface area contributed by atoms with Gasteiger partial charge in [-0.15, -0.1) is 15.3 Å². The number of halogens is 2. The molecule has 6 nitrogen and oxygen atoms in total. The molecule has 0 saturated heterocycles. The van der Waals surface area contributed by atoms with E-state index in [0.29, 0.717) is 38.1 Å². The van der Waals surface area contributed by atoms with Gasteiger partial charge in [0.05, 0.1) is 15.7 Å². The molecule has 4 rings (SSSR count). The highest BCUT2D eigenvalue weighted by atomic mass is 35.5. The van der Waals surface area contributed by atoms with E-state index in [2.05, 4.69) is 20.6 Å². The molecule has 2 aromatic carbocycles. The maximum atomic E-state index is 9.37. The van der Waals surface area contributed by atoms with Gasteiger partial charge in [-0.25, -0.2) is 0 Å². The molecule has 2 aromatic heterocycles. The van der Waals surface area contributed by atoms with Gasteiger partial charge in [0, 0.05) is 6.42 Å². The second-order valence-corrected chi connectivity index (χ2v) is 7.03. The first-order valence-corrected chi connectivity index (χ1v) is 8.87. The van der Waals surface area contributed by atoms with Crippen molar-refractivity contribution < 1.29 is 5.11 Å². The first-order valence-electron chi connectivity index (χ1n) is 7.30. The van der Waals surface area contributed by atoms with Crippen molar-refractivity contribution in [1.82, 2.24) is 19.8 Å². The van der Waals surface area contributed by atoms with Crippen molar-refractivity contribution in [3.8, 4) is 5.75 Å². The number of aromatic hydroxyl groups is 1. The Morgan fingerprint density at radius 2 is 1.88 bits per heavy atom. The van der Waals surface area contributed by atoms with Crippen LogP contribution in [-0.4, -0.2) is 24.9 Å². The van der Waals surface area contributed by atoms with Crippen molar-refractivity contribution in [2.24, 2.45) is 0 Å². The fourth-order valence-electron chi connectivity index (χ4n) is 2.33. The lowest BCUT2D eigenvalue weighted by atomic mass is 10.1.